The second-order valence-corrected chi connectivity index (χ2v) is 6.42. The number of fused-ring (bicyclic) bond motifs is 1. The molecule has 0 bridgehead atoms. The molecule has 0 aliphatic carbocycles. The smallest absolute Gasteiger partial charge is 0.306 e. The van der Waals surface area contributed by atoms with E-state index in [4.69, 9.17) is 11.6 Å². The molecule has 0 aliphatic heterocycles. The number of hydrogen-bond acceptors (Lipinski definition) is 1. The first-order chi connectivity index (χ1) is 10.1. The molecular formula is C16H14BrClN2O. The Kier molecular flexibility index (Phi) is 3.91. The first-order valence-electron chi connectivity index (χ1n) is 6.66. The summed E-state index contributed by atoms with van der Waals surface area (Å²) in [5.74, 6) is 0.160. The highest BCUT2D eigenvalue weighted by atomic mass is 79.9. The summed E-state index contributed by atoms with van der Waals surface area (Å²) in [6, 6.07) is 14.0. The fraction of sp³-hybridized carbons (Fsp3) is 0.188. The first-order valence-corrected chi connectivity index (χ1v) is 7.89. The van der Waals surface area contributed by atoms with Crippen LogP contribution in [0.15, 0.2) is 51.7 Å². The van der Waals surface area contributed by atoms with Crippen LogP contribution in [0.5, 0.6) is 0 Å². The Labute approximate surface area is 135 Å². The van der Waals surface area contributed by atoms with Crippen molar-refractivity contribution >= 4 is 38.6 Å². The van der Waals surface area contributed by atoms with E-state index >= 15 is 0 Å². The van der Waals surface area contributed by atoms with E-state index in [0.717, 1.165) is 21.1 Å². The van der Waals surface area contributed by atoms with Gasteiger partial charge in [0.25, 0.3) is 0 Å². The first kappa shape index (κ1) is 14.4. The lowest BCUT2D eigenvalue weighted by Gasteiger charge is -2.20. The van der Waals surface area contributed by atoms with Gasteiger partial charge < -0.3 is 9.97 Å². The minimum Gasteiger partial charge on any atom is -0.306 e. The van der Waals surface area contributed by atoms with Gasteiger partial charge in [0.15, 0.2) is 0 Å². The molecule has 0 amide bonds. The normalized spacial score (nSPS) is 14.2. The van der Waals surface area contributed by atoms with E-state index in [2.05, 4.69) is 45.0 Å². The molecule has 3 nitrogen and oxygen atoms in total. The lowest BCUT2D eigenvalue weighted by molar-refractivity contribution is 0.730. The van der Waals surface area contributed by atoms with Crippen molar-refractivity contribution in [3.05, 3.63) is 68.5 Å². The summed E-state index contributed by atoms with van der Waals surface area (Å²) in [4.78, 5) is 16.9. The molecule has 0 saturated carbocycles. The van der Waals surface area contributed by atoms with Gasteiger partial charge in [-0.15, -0.1) is 11.6 Å². The number of imidazole rings is 1. The Morgan fingerprint density at radius 2 is 1.71 bits per heavy atom. The second-order valence-electron chi connectivity index (χ2n) is 5.10. The summed E-state index contributed by atoms with van der Waals surface area (Å²) >= 11 is 10.2. The molecule has 2 unspecified atom stereocenters. The number of alkyl halides is 1. The SMILES string of the molecule is CC(c1ccccc1)C(Cl)c1cc2[nH]c(=O)[nH]c2cc1Br. The van der Waals surface area contributed by atoms with Gasteiger partial charge in [-0.1, -0.05) is 53.2 Å². The third-order valence-electron chi connectivity index (χ3n) is 3.69. The van der Waals surface area contributed by atoms with E-state index in [1.54, 1.807) is 0 Å². The van der Waals surface area contributed by atoms with Crippen LogP contribution in [0.2, 0.25) is 0 Å². The lowest BCUT2D eigenvalue weighted by Crippen LogP contribution is -2.03. The number of aromatic nitrogens is 2. The van der Waals surface area contributed by atoms with Crippen molar-refractivity contribution in [3.8, 4) is 0 Å². The summed E-state index contributed by atoms with van der Waals surface area (Å²) in [6.07, 6.45) is 0. The van der Waals surface area contributed by atoms with E-state index in [0.29, 0.717) is 0 Å². The Balaban J connectivity index is 2.02. The summed E-state index contributed by atoms with van der Waals surface area (Å²) in [7, 11) is 0. The maximum absolute atomic E-state index is 11.4. The number of halogens is 2. The van der Waals surface area contributed by atoms with Crippen molar-refractivity contribution in [1.82, 2.24) is 9.97 Å². The van der Waals surface area contributed by atoms with Gasteiger partial charge in [0.2, 0.25) is 0 Å². The van der Waals surface area contributed by atoms with Gasteiger partial charge in [0.05, 0.1) is 16.4 Å². The highest BCUT2D eigenvalue weighted by Gasteiger charge is 2.21. The molecule has 1 aromatic heterocycles. The maximum atomic E-state index is 11.4. The van der Waals surface area contributed by atoms with Crippen LogP contribution in [0.4, 0.5) is 0 Å². The maximum Gasteiger partial charge on any atom is 0.323 e. The van der Waals surface area contributed by atoms with Crippen LogP contribution in [0, 0.1) is 0 Å². The van der Waals surface area contributed by atoms with E-state index in [1.807, 2.05) is 30.3 Å². The third-order valence-corrected chi connectivity index (χ3v) is 4.99. The van der Waals surface area contributed by atoms with Crippen LogP contribution in [-0.4, -0.2) is 9.97 Å². The number of rotatable bonds is 3. The van der Waals surface area contributed by atoms with Crippen LogP contribution in [0.25, 0.3) is 11.0 Å². The standard InChI is InChI=1S/C16H14BrClN2O/c1-9(10-5-3-2-4-6-10)15(18)11-7-13-14(8-12(11)17)20-16(21)19-13/h2-9,15H,1H3,(H2,19,20,21). The molecule has 0 spiro atoms. The average molecular weight is 366 g/mol. The van der Waals surface area contributed by atoms with Gasteiger partial charge in [-0.2, -0.15) is 0 Å². The molecule has 0 radical (unpaired) electrons. The molecule has 1 heterocycles. The van der Waals surface area contributed by atoms with Crippen LogP contribution < -0.4 is 5.69 Å². The Hall–Kier alpha value is -1.52. The zero-order valence-electron chi connectivity index (χ0n) is 11.4. The van der Waals surface area contributed by atoms with Gasteiger partial charge in [-0.05, 0) is 23.3 Å². The molecule has 5 heteroatoms. The molecule has 3 rings (SSSR count). The van der Waals surface area contributed by atoms with Crippen LogP contribution >= 0.6 is 27.5 Å². The third kappa shape index (κ3) is 2.78. The van der Waals surface area contributed by atoms with Crippen molar-refractivity contribution in [3.63, 3.8) is 0 Å². The van der Waals surface area contributed by atoms with Crippen LogP contribution in [0.1, 0.15) is 29.3 Å². The van der Waals surface area contributed by atoms with Gasteiger partial charge in [-0.25, -0.2) is 4.79 Å². The van der Waals surface area contributed by atoms with Crippen molar-refractivity contribution in [2.75, 3.05) is 0 Å². The molecular weight excluding hydrogens is 352 g/mol. The van der Waals surface area contributed by atoms with Crippen molar-refractivity contribution < 1.29 is 0 Å². The van der Waals surface area contributed by atoms with Crippen LogP contribution in [0.3, 0.4) is 0 Å². The van der Waals surface area contributed by atoms with Crippen molar-refractivity contribution in [2.24, 2.45) is 0 Å². The van der Waals surface area contributed by atoms with Gasteiger partial charge in [-0.3, -0.25) is 0 Å². The molecule has 0 fully saturated rings. The van der Waals surface area contributed by atoms with Gasteiger partial charge >= 0.3 is 5.69 Å². The number of nitrogens with one attached hydrogen (secondary N) is 2. The predicted octanol–water partition coefficient (Wildman–Crippen LogP) is 4.70. The second kappa shape index (κ2) is 5.70. The number of hydrogen-bond donors (Lipinski definition) is 2. The molecule has 0 aliphatic rings. The lowest BCUT2D eigenvalue weighted by atomic mass is 9.93. The molecule has 2 N–H and O–H groups in total. The molecule has 2 aromatic carbocycles. The monoisotopic (exact) mass is 364 g/mol. The molecule has 0 saturated heterocycles. The zero-order valence-corrected chi connectivity index (χ0v) is 13.7. The van der Waals surface area contributed by atoms with Gasteiger partial charge in [0, 0.05) is 10.4 Å². The number of benzene rings is 2. The quantitative estimate of drug-likeness (QED) is 0.649. The minimum atomic E-state index is -0.212. The Morgan fingerprint density at radius 3 is 2.38 bits per heavy atom. The van der Waals surface area contributed by atoms with E-state index in [9.17, 15) is 4.79 Å². The fourth-order valence-corrected chi connectivity index (χ4v) is 3.53. The molecule has 21 heavy (non-hydrogen) atoms. The van der Waals surface area contributed by atoms with E-state index in [-0.39, 0.29) is 17.0 Å². The minimum absolute atomic E-state index is 0.160. The van der Waals surface area contributed by atoms with Crippen LogP contribution in [-0.2, 0) is 0 Å². The summed E-state index contributed by atoms with van der Waals surface area (Å²) in [5, 5.41) is -0.190. The van der Waals surface area contributed by atoms with Crippen molar-refractivity contribution in [1.29, 1.82) is 0 Å². The number of H-pyrrole nitrogens is 2. The Bertz CT molecular complexity index is 825. The molecule has 108 valence electrons. The average Bonchev–Trinajstić information content (AvgIpc) is 2.85. The fourth-order valence-electron chi connectivity index (χ4n) is 2.48. The highest BCUT2D eigenvalue weighted by molar-refractivity contribution is 9.10. The van der Waals surface area contributed by atoms with E-state index < -0.39 is 0 Å². The largest absolute Gasteiger partial charge is 0.323 e. The molecule has 3 aromatic rings. The predicted molar refractivity (Wildman–Crippen MR) is 90.1 cm³/mol. The molecule has 2 atom stereocenters. The highest BCUT2D eigenvalue weighted by Crippen LogP contribution is 2.40. The van der Waals surface area contributed by atoms with Gasteiger partial charge in [0.1, 0.15) is 0 Å². The topological polar surface area (TPSA) is 48.6 Å². The van der Waals surface area contributed by atoms with Crippen molar-refractivity contribution in [2.45, 2.75) is 18.2 Å². The van der Waals surface area contributed by atoms with E-state index in [1.165, 1.54) is 5.56 Å². The summed E-state index contributed by atoms with van der Waals surface area (Å²) < 4.78 is 0.896. The zero-order chi connectivity index (χ0) is 15.0. The number of aromatic amines is 2. The summed E-state index contributed by atoms with van der Waals surface area (Å²) in [5.41, 5.74) is 3.48. The summed E-state index contributed by atoms with van der Waals surface area (Å²) in [6.45, 7) is 2.10. The Morgan fingerprint density at radius 1 is 1.10 bits per heavy atom.